The smallest absolute Gasteiger partial charge is 0.327 e. The molecular formula is C17H34N2O2. The summed E-state index contributed by atoms with van der Waals surface area (Å²) in [5.74, 6) is 0.922. The Bertz CT molecular complexity index is 327. The number of esters is 1. The molecule has 1 rings (SSSR count). The predicted molar refractivity (Wildman–Crippen MR) is 87.3 cm³/mol. The standard InChI is InChI=1S/C17H34N2O2/c1-7-10-18-17(15-8-9-15,16(20)21-6)12-19(14(4)5)11-13(2)3/h13-15,18H,7-12H2,1-6H3. The van der Waals surface area contributed by atoms with Crippen molar-refractivity contribution in [3.63, 3.8) is 0 Å². The lowest BCUT2D eigenvalue weighted by Crippen LogP contribution is -2.62. The van der Waals surface area contributed by atoms with Gasteiger partial charge in [-0.05, 0) is 51.5 Å². The van der Waals surface area contributed by atoms with Gasteiger partial charge >= 0.3 is 5.97 Å². The van der Waals surface area contributed by atoms with Crippen molar-refractivity contribution < 1.29 is 9.53 Å². The Kier molecular flexibility index (Phi) is 7.14. The van der Waals surface area contributed by atoms with Gasteiger partial charge in [-0.2, -0.15) is 0 Å². The minimum absolute atomic E-state index is 0.0899. The molecule has 0 aromatic carbocycles. The zero-order valence-corrected chi connectivity index (χ0v) is 14.7. The summed E-state index contributed by atoms with van der Waals surface area (Å²) < 4.78 is 5.17. The molecule has 1 aliphatic carbocycles. The third-order valence-electron chi connectivity index (χ3n) is 4.30. The number of nitrogens with one attached hydrogen (secondary N) is 1. The first-order chi connectivity index (χ1) is 9.87. The van der Waals surface area contributed by atoms with Crippen molar-refractivity contribution in [1.82, 2.24) is 10.2 Å². The third-order valence-corrected chi connectivity index (χ3v) is 4.30. The van der Waals surface area contributed by atoms with Crippen LogP contribution in [0.5, 0.6) is 0 Å². The molecule has 0 heterocycles. The van der Waals surface area contributed by atoms with E-state index in [1.807, 2.05) is 0 Å². The van der Waals surface area contributed by atoms with E-state index in [0.29, 0.717) is 17.9 Å². The molecule has 0 aliphatic heterocycles. The zero-order chi connectivity index (χ0) is 16.0. The Morgan fingerprint density at radius 1 is 1.33 bits per heavy atom. The van der Waals surface area contributed by atoms with Crippen molar-refractivity contribution in [2.75, 3.05) is 26.7 Å². The molecule has 1 unspecified atom stereocenters. The van der Waals surface area contributed by atoms with Gasteiger partial charge < -0.3 is 10.1 Å². The number of carbonyl (C=O) groups excluding carboxylic acids is 1. The third kappa shape index (κ3) is 4.96. The molecule has 0 aromatic rings. The number of hydrogen-bond acceptors (Lipinski definition) is 4. The number of hydrogen-bond donors (Lipinski definition) is 1. The van der Waals surface area contributed by atoms with Gasteiger partial charge in [0, 0.05) is 19.1 Å². The molecule has 21 heavy (non-hydrogen) atoms. The highest BCUT2D eigenvalue weighted by Gasteiger charge is 2.52. The fraction of sp³-hybridized carbons (Fsp3) is 0.941. The van der Waals surface area contributed by atoms with Crippen molar-refractivity contribution in [2.24, 2.45) is 11.8 Å². The highest BCUT2D eigenvalue weighted by molar-refractivity contribution is 5.82. The number of ether oxygens (including phenoxy) is 1. The van der Waals surface area contributed by atoms with Gasteiger partial charge in [-0.1, -0.05) is 20.8 Å². The minimum atomic E-state index is -0.524. The fourth-order valence-corrected chi connectivity index (χ4v) is 2.99. The molecule has 0 aromatic heterocycles. The van der Waals surface area contributed by atoms with Crippen molar-refractivity contribution >= 4 is 5.97 Å². The summed E-state index contributed by atoms with van der Waals surface area (Å²) in [6, 6.07) is 0.429. The topological polar surface area (TPSA) is 41.6 Å². The number of nitrogens with zero attached hydrogens (tertiary/aromatic N) is 1. The maximum Gasteiger partial charge on any atom is 0.327 e. The van der Waals surface area contributed by atoms with E-state index in [-0.39, 0.29) is 5.97 Å². The van der Waals surface area contributed by atoms with Crippen LogP contribution in [0, 0.1) is 11.8 Å². The average molecular weight is 298 g/mol. The van der Waals surface area contributed by atoms with E-state index in [9.17, 15) is 4.79 Å². The molecule has 0 spiro atoms. The molecule has 4 heteroatoms. The summed E-state index contributed by atoms with van der Waals surface area (Å²) in [7, 11) is 1.51. The summed E-state index contributed by atoms with van der Waals surface area (Å²) in [5, 5.41) is 3.54. The lowest BCUT2D eigenvalue weighted by Gasteiger charge is -2.39. The zero-order valence-electron chi connectivity index (χ0n) is 14.7. The molecule has 0 bridgehead atoms. The fourth-order valence-electron chi connectivity index (χ4n) is 2.99. The van der Waals surface area contributed by atoms with Crippen molar-refractivity contribution in [3.05, 3.63) is 0 Å². The van der Waals surface area contributed by atoms with Crippen LogP contribution >= 0.6 is 0 Å². The second-order valence-corrected chi connectivity index (χ2v) is 7.08. The highest BCUT2D eigenvalue weighted by atomic mass is 16.5. The van der Waals surface area contributed by atoms with Crippen LogP contribution in [-0.4, -0.2) is 49.2 Å². The molecule has 1 aliphatic rings. The lowest BCUT2D eigenvalue weighted by atomic mass is 9.91. The molecule has 0 radical (unpaired) electrons. The van der Waals surface area contributed by atoms with Crippen LogP contribution in [0.25, 0.3) is 0 Å². The molecular weight excluding hydrogens is 264 g/mol. The summed E-state index contributed by atoms with van der Waals surface area (Å²) in [5.41, 5.74) is -0.524. The van der Waals surface area contributed by atoms with E-state index in [4.69, 9.17) is 4.74 Å². The number of methoxy groups -OCH3 is 1. The molecule has 0 amide bonds. The average Bonchev–Trinajstić information content (AvgIpc) is 3.25. The second kappa shape index (κ2) is 8.14. The predicted octanol–water partition coefficient (Wildman–Crippen LogP) is 2.67. The lowest BCUT2D eigenvalue weighted by molar-refractivity contribution is -0.151. The Morgan fingerprint density at radius 2 is 1.95 bits per heavy atom. The Labute approximate surface area is 130 Å². The van der Waals surface area contributed by atoms with Gasteiger partial charge in [0.15, 0.2) is 0 Å². The first-order valence-corrected chi connectivity index (χ1v) is 8.44. The van der Waals surface area contributed by atoms with Gasteiger partial charge in [0.2, 0.25) is 0 Å². The normalized spacial score (nSPS) is 18.3. The first-order valence-electron chi connectivity index (χ1n) is 8.44. The monoisotopic (exact) mass is 298 g/mol. The van der Waals surface area contributed by atoms with E-state index in [0.717, 1.165) is 38.9 Å². The van der Waals surface area contributed by atoms with E-state index in [1.165, 1.54) is 7.11 Å². The summed E-state index contributed by atoms with van der Waals surface area (Å²) in [6.07, 6.45) is 3.27. The number of carbonyl (C=O) groups is 1. The quantitative estimate of drug-likeness (QED) is 0.630. The van der Waals surface area contributed by atoms with Gasteiger partial charge in [0.25, 0.3) is 0 Å². The second-order valence-electron chi connectivity index (χ2n) is 7.08. The van der Waals surface area contributed by atoms with Gasteiger partial charge in [-0.25, -0.2) is 4.79 Å². The molecule has 1 atom stereocenters. The maximum atomic E-state index is 12.6. The van der Waals surface area contributed by atoms with Crippen LogP contribution in [-0.2, 0) is 9.53 Å². The van der Waals surface area contributed by atoms with E-state index < -0.39 is 5.54 Å². The Morgan fingerprint density at radius 3 is 2.33 bits per heavy atom. The molecule has 124 valence electrons. The van der Waals surface area contributed by atoms with Crippen LogP contribution in [0.3, 0.4) is 0 Å². The largest absolute Gasteiger partial charge is 0.468 e. The molecule has 1 fully saturated rings. The summed E-state index contributed by atoms with van der Waals surface area (Å²) in [4.78, 5) is 15.0. The SMILES string of the molecule is CCCNC(CN(CC(C)C)C(C)C)(C(=O)OC)C1CC1. The van der Waals surface area contributed by atoms with Crippen LogP contribution in [0.4, 0.5) is 0 Å². The van der Waals surface area contributed by atoms with Crippen molar-refractivity contribution in [1.29, 1.82) is 0 Å². The van der Waals surface area contributed by atoms with Crippen LogP contribution < -0.4 is 5.32 Å². The van der Waals surface area contributed by atoms with E-state index in [1.54, 1.807) is 0 Å². The van der Waals surface area contributed by atoms with Gasteiger partial charge in [0.05, 0.1) is 7.11 Å². The minimum Gasteiger partial charge on any atom is -0.468 e. The first kappa shape index (κ1) is 18.4. The summed E-state index contributed by atoms with van der Waals surface area (Å²) >= 11 is 0. The molecule has 1 N–H and O–H groups in total. The van der Waals surface area contributed by atoms with Crippen molar-refractivity contribution in [2.45, 2.75) is 65.5 Å². The Hall–Kier alpha value is -0.610. The van der Waals surface area contributed by atoms with Crippen LogP contribution in [0.15, 0.2) is 0 Å². The number of rotatable bonds is 10. The molecule has 0 saturated heterocycles. The van der Waals surface area contributed by atoms with Gasteiger partial charge in [-0.3, -0.25) is 4.90 Å². The Balaban J connectivity index is 2.94. The molecule has 4 nitrogen and oxygen atoms in total. The summed E-state index contributed by atoms with van der Waals surface area (Å²) in [6.45, 7) is 13.6. The van der Waals surface area contributed by atoms with Crippen molar-refractivity contribution in [3.8, 4) is 0 Å². The van der Waals surface area contributed by atoms with Gasteiger partial charge in [0.1, 0.15) is 5.54 Å². The van der Waals surface area contributed by atoms with E-state index in [2.05, 4.69) is 44.8 Å². The van der Waals surface area contributed by atoms with E-state index >= 15 is 0 Å². The van der Waals surface area contributed by atoms with Gasteiger partial charge in [-0.15, -0.1) is 0 Å². The maximum absolute atomic E-state index is 12.6. The highest BCUT2D eigenvalue weighted by Crippen LogP contribution is 2.41. The van der Waals surface area contributed by atoms with Crippen LogP contribution in [0.1, 0.15) is 53.9 Å². The van der Waals surface area contributed by atoms with Crippen LogP contribution in [0.2, 0.25) is 0 Å². The molecule has 1 saturated carbocycles.